The number of carbonyl (C=O) groups excluding carboxylic acids is 1. The van der Waals surface area contributed by atoms with Crippen molar-refractivity contribution in [1.82, 2.24) is 20.7 Å². The molecule has 0 fully saturated rings. The van der Waals surface area contributed by atoms with Crippen molar-refractivity contribution in [3.05, 3.63) is 47.5 Å². The van der Waals surface area contributed by atoms with Gasteiger partial charge in [0.05, 0.1) is 14.2 Å². The first-order valence-corrected chi connectivity index (χ1v) is 7.51. The zero-order valence-corrected chi connectivity index (χ0v) is 13.5. The van der Waals surface area contributed by atoms with Crippen molar-refractivity contribution in [3.63, 3.8) is 0 Å². The van der Waals surface area contributed by atoms with Crippen molar-refractivity contribution >= 4 is 16.9 Å². The third kappa shape index (κ3) is 3.29. The van der Waals surface area contributed by atoms with E-state index in [1.54, 1.807) is 32.4 Å². The molecule has 0 aliphatic heterocycles. The van der Waals surface area contributed by atoms with Crippen LogP contribution in [0.4, 0.5) is 0 Å². The zero-order chi connectivity index (χ0) is 16.9. The molecule has 0 aliphatic rings. The molecule has 7 nitrogen and oxygen atoms in total. The van der Waals surface area contributed by atoms with Gasteiger partial charge in [-0.1, -0.05) is 6.07 Å². The molecule has 0 aliphatic carbocycles. The van der Waals surface area contributed by atoms with Crippen LogP contribution in [-0.2, 0) is 6.42 Å². The second kappa shape index (κ2) is 6.99. The van der Waals surface area contributed by atoms with Crippen molar-refractivity contribution in [3.8, 4) is 11.5 Å². The lowest BCUT2D eigenvalue weighted by Crippen LogP contribution is -2.25. The van der Waals surface area contributed by atoms with Gasteiger partial charge in [-0.05, 0) is 42.3 Å². The highest BCUT2D eigenvalue weighted by Gasteiger charge is 2.09. The Morgan fingerprint density at radius 3 is 2.62 bits per heavy atom. The highest BCUT2D eigenvalue weighted by Crippen LogP contribution is 2.27. The van der Waals surface area contributed by atoms with E-state index in [1.807, 2.05) is 18.2 Å². The number of nitrogens with zero attached hydrogens (tertiary/aromatic N) is 2. The number of hydrogen-bond acceptors (Lipinski definition) is 5. The Hall–Kier alpha value is -3.09. The molecule has 1 aromatic heterocycles. The van der Waals surface area contributed by atoms with Crippen LogP contribution in [0.2, 0.25) is 0 Å². The standard InChI is InChI=1S/C17H18N4O3/c1-23-15-6-3-11(9-16(15)24-2)7-8-18-17(22)12-4-5-13-14(10-12)20-21-19-13/h3-6,9-10H,7-8H2,1-2H3,(H,18,22)(H,19,20,21). The van der Waals surface area contributed by atoms with Crippen LogP contribution in [0.5, 0.6) is 11.5 Å². The molecule has 0 unspecified atom stereocenters. The highest BCUT2D eigenvalue weighted by molar-refractivity contribution is 5.97. The summed E-state index contributed by atoms with van der Waals surface area (Å²) >= 11 is 0. The Morgan fingerprint density at radius 2 is 1.83 bits per heavy atom. The fourth-order valence-corrected chi connectivity index (χ4v) is 2.44. The Labute approximate surface area is 139 Å². The Morgan fingerprint density at radius 1 is 1.04 bits per heavy atom. The number of aromatic nitrogens is 3. The summed E-state index contributed by atoms with van der Waals surface area (Å²) in [4.78, 5) is 12.2. The second-order valence-corrected chi connectivity index (χ2v) is 5.22. The molecule has 2 aromatic carbocycles. The second-order valence-electron chi connectivity index (χ2n) is 5.22. The third-order valence-corrected chi connectivity index (χ3v) is 3.73. The summed E-state index contributed by atoms with van der Waals surface area (Å²) in [6, 6.07) is 10.9. The molecule has 3 aromatic rings. The van der Waals surface area contributed by atoms with E-state index in [2.05, 4.69) is 20.7 Å². The summed E-state index contributed by atoms with van der Waals surface area (Å²) in [5.74, 6) is 1.23. The minimum Gasteiger partial charge on any atom is -0.493 e. The van der Waals surface area contributed by atoms with E-state index in [4.69, 9.17) is 9.47 Å². The average Bonchev–Trinajstić information content (AvgIpc) is 3.09. The van der Waals surface area contributed by atoms with Gasteiger partial charge >= 0.3 is 0 Å². The number of methoxy groups -OCH3 is 2. The average molecular weight is 326 g/mol. The van der Waals surface area contributed by atoms with Crippen LogP contribution in [0, 0.1) is 0 Å². The minimum absolute atomic E-state index is 0.139. The molecule has 0 bridgehead atoms. The van der Waals surface area contributed by atoms with Crippen molar-refractivity contribution in [2.45, 2.75) is 6.42 Å². The van der Waals surface area contributed by atoms with Gasteiger partial charge in [-0.15, -0.1) is 0 Å². The summed E-state index contributed by atoms with van der Waals surface area (Å²) in [7, 11) is 3.20. The first-order chi connectivity index (χ1) is 11.7. The fraction of sp³-hybridized carbons (Fsp3) is 0.235. The molecule has 124 valence electrons. The maximum Gasteiger partial charge on any atom is 0.251 e. The van der Waals surface area contributed by atoms with Crippen molar-refractivity contribution in [2.75, 3.05) is 20.8 Å². The van der Waals surface area contributed by atoms with Gasteiger partial charge in [-0.25, -0.2) is 0 Å². The zero-order valence-electron chi connectivity index (χ0n) is 13.5. The number of aromatic amines is 1. The number of nitrogens with one attached hydrogen (secondary N) is 2. The van der Waals surface area contributed by atoms with E-state index in [0.717, 1.165) is 11.1 Å². The SMILES string of the molecule is COc1ccc(CCNC(=O)c2ccc3n[nH]nc3c2)cc1OC. The van der Waals surface area contributed by atoms with E-state index in [-0.39, 0.29) is 5.91 Å². The van der Waals surface area contributed by atoms with Gasteiger partial charge in [0.1, 0.15) is 11.0 Å². The summed E-state index contributed by atoms with van der Waals surface area (Å²) in [5.41, 5.74) is 3.02. The van der Waals surface area contributed by atoms with Crippen LogP contribution in [0.1, 0.15) is 15.9 Å². The number of carbonyl (C=O) groups is 1. The Kier molecular flexibility index (Phi) is 4.60. The molecule has 0 saturated heterocycles. The van der Waals surface area contributed by atoms with Gasteiger partial charge in [-0.2, -0.15) is 15.4 Å². The molecule has 1 amide bonds. The highest BCUT2D eigenvalue weighted by atomic mass is 16.5. The summed E-state index contributed by atoms with van der Waals surface area (Å²) < 4.78 is 10.5. The Bertz CT molecular complexity index is 860. The quantitative estimate of drug-likeness (QED) is 0.723. The van der Waals surface area contributed by atoms with E-state index in [9.17, 15) is 4.79 Å². The normalized spacial score (nSPS) is 10.6. The number of amides is 1. The third-order valence-electron chi connectivity index (χ3n) is 3.73. The van der Waals surface area contributed by atoms with Crippen LogP contribution in [-0.4, -0.2) is 42.1 Å². The maximum absolute atomic E-state index is 12.2. The topological polar surface area (TPSA) is 89.1 Å². The lowest BCUT2D eigenvalue weighted by molar-refractivity contribution is 0.0954. The van der Waals surface area contributed by atoms with E-state index in [1.165, 1.54) is 0 Å². The Balaban J connectivity index is 1.60. The number of ether oxygens (including phenoxy) is 2. The van der Waals surface area contributed by atoms with Crippen molar-refractivity contribution in [1.29, 1.82) is 0 Å². The van der Waals surface area contributed by atoms with Gasteiger partial charge in [-0.3, -0.25) is 4.79 Å². The molecular weight excluding hydrogens is 308 g/mol. The number of H-pyrrole nitrogens is 1. The van der Waals surface area contributed by atoms with E-state index >= 15 is 0 Å². The molecule has 0 saturated carbocycles. The molecular formula is C17H18N4O3. The molecule has 24 heavy (non-hydrogen) atoms. The first kappa shape index (κ1) is 15.8. The van der Waals surface area contributed by atoms with Gasteiger partial charge in [0.2, 0.25) is 0 Å². The van der Waals surface area contributed by atoms with Crippen molar-refractivity contribution < 1.29 is 14.3 Å². The van der Waals surface area contributed by atoms with E-state index < -0.39 is 0 Å². The lowest BCUT2D eigenvalue weighted by Gasteiger charge is -2.10. The number of hydrogen-bond donors (Lipinski definition) is 2. The lowest BCUT2D eigenvalue weighted by atomic mass is 10.1. The molecule has 7 heteroatoms. The van der Waals surface area contributed by atoms with Gasteiger partial charge in [0.15, 0.2) is 11.5 Å². The maximum atomic E-state index is 12.2. The number of fused-ring (bicyclic) bond motifs is 1. The summed E-state index contributed by atoms with van der Waals surface area (Å²) in [5, 5.41) is 13.4. The number of rotatable bonds is 6. The van der Waals surface area contributed by atoms with Crippen LogP contribution in [0.25, 0.3) is 11.0 Å². The van der Waals surface area contributed by atoms with Gasteiger partial charge in [0, 0.05) is 12.1 Å². The van der Waals surface area contributed by atoms with E-state index in [0.29, 0.717) is 35.5 Å². The number of benzene rings is 2. The molecule has 0 atom stereocenters. The summed E-state index contributed by atoms with van der Waals surface area (Å²) in [6.45, 7) is 0.519. The predicted molar refractivity (Wildman–Crippen MR) is 89.5 cm³/mol. The largest absolute Gasteiger partial charge is 0.493 e. The van der Waals surface area contributed by atoms with Crippen LogP contribution in [0.15, 0.2) is 36.4 Å². The smallest absolute Gasteiger partial charge is 0.251 e. The van der Waals surface area contributed by atoms with Gasteiger partial charge < -0.3 is 14.8 Å². The molecule has 0 radical (unpaired) electrons. The van der Waals surface area contributed by atoms with Crippen molar-refractivity contribution in [2.24, 2.45) is 0 Å². The molecule has 1 heterocycles. The fourth-order valence-electron chi connectivity index (χ4n) is 2.44. The molecule has 0 spiro atoms. The van der Waals surface area contributed by atoms with Crippen LogP contribution in [0.3, 0.4) is 0 Å². The van der Waals surface area contributed by atoms with Gasteiger partial charge in [0.25, 0.3) is 5.91 Å². The summed E-state index contributed by atoms with van der Waals surface area (Å²) in [6.07, 6.45) is 0.693. The molecule has 2 N–H and O–H groups in total. The minimum atomic E-state index is -0.139. The first-order valence-electron chi connectivity index (χ1n) is 7.51. The van der Waals surface area contributed by atoms with Crippen LogP contribution >= 0.6 is 0 Å². The monoisotopic (exact) mass is 326 g/mol. The predicted octanol–water partition coefficient (Wildman–Crippen LogP) is 1.95. The molecule has 3 rings (SSSR count). The van der Waals surface area contributed by atoms with Crippen LogP contribution < -0.4 is 14.8 Å².